The van der Waals surface area contributed by atoms with Crippen LogP contribution in [0.1, 0.15) is 15.9 Å². The zero-order chi connectivity index (χ0) is 19.9. The molecule has 0 fully saturated rings. The predicted molar refractivity (Wildman–Crippen MR) is 101 cm³/mol. The van der Waals surface area contributed by atoms with Crippen LogP contribution in [0.15, 0.2) is 48.2 Å². The van der Waals surface area contributed by atoms with Crippen molar-refractivity contribution in [3.63, 3.8) is 0 Å². The number of hydrogen-bond donors (Lipinski definition) is 3. The van der Waals surface area contributed by atoms with Crippen molar-refractivity contribution >= 4 is 17.9 Å². The Balaban J connectivity index is 1.83. The molecule has 0 atom stereocenters. The minimum atomic E-state index is -0.520. The standard InChI is InChI=1S/C20H20N2O6/c1-26-15-5-3-14(4-6-15)19(24)22-16(20(25)21-8-9-23)10-13-2-7-17-18(11-13)28-12-27-17/h2-7,10-11,23H,8-9,12H2,1H3,(H,21,25)(H,22,24)/b16-10+. The van der Waals surface area contributed by atoms with Gasteiger partial charge in [0.05, 0.1) is 13.7 Å². The van der Waals surface area contributed by atoms with Gasteiger partial charge in [0.25, 0.3) is 11.8 Å². The molecule has 28 heavy (non-hydrogen) atoms. The predicted octanol–water partition coefficient (Wildman–Crippen LogP) is 1.30. The summed E-state index contributed by atoms with van der Waals surface area (Å²) in [5, 5.41) is 14.1. The summed E-state index contributed by atoms with van der Waals surface area (Å²) in [6.07, 6.45) is 1.52. The summed E-state index contributed by atoms with van der Waals surface area (Å²) >= 11 is 0. The molecule has 0 radical (unpaired) electrons. The van der Waals surface area contributed by atoms with Gasteiger partial charge in [0.1, 0.15) is 11.4 Å². The number of nitrogens with one attached hydrogen (secondary N) is 2. The van der Waals surface area contributed by atoms with Crippen LogP contribution in [0.25, 0.3) is 6.08 Å². The third kappa shape index (κ3) is 4.60. The molecule has 1 heterocycles. The van der Waals surface area contributed by atoms with Gasteiger partial charge in [-0.1, -0.05) is 6.07 Å². The lowest BCUT2D eigenvalue weighted by molar-refractivity contribution is -0.117. The molecule has 1 aliphatic heterocycles. The molecule has 0 saturated carbocycles. The van der Waals surface area contributed by atoms with Crippen molar-refractivity contribution in [2.45, 2.75) is 0 Å². The minimum absolute atomic E-state index is 0.0353. The monoisotopic (exact) mass is 384 g/mol. The molecule has 0 spiro atoms. The van der Waals surface area contributed by atoms with Crippen molar-refractivity contribution < 1.29 is 28.9 Å². The number of fused-ring (bicyclic) bond motifs is 1. The average Bonchev–Trinajstić information content (AvgIpc) is 3.19. The number of rotatable bonds is 7. The number of carbonyl (C=O) groups excluding carboxylic acids is 2. The Morgan fingerprint density at radius 2 is 1.89 bits per heavy atom. The number of carbonyl (C=O) groups is 2. The Bertz CT molecular complexity index is 892. The third-order valence-corrected chi connectivity index (χ3v) is 3.95. The number of hydrogen-bond acceptors (Lipinski definition) is 6. The second-order valence-corrected chi connectivity index (χ2v) is 5.83. The maximum absolute atomic E-state index is 12.5. The van der Waals surface area contributed by atoms with E-state index < -0.39 is 11.8 Å². The summed E-state index contributed by atoms with van der Waals surface area (Å²) in [6.45, 7) is -0.00820. The molecule has 3 N–H and O–H groups in total. The van der Waals surface area contributed by atoms with E-state index in [0.29, 0.717) is 28.4 Å². The SMILES string of the molecule is COc1ccc(C(=O)N/C(=C/c2ccc3c(c2)OCO3)C(=O)NCCO)cc1. The minimum Gasteiger partial charge on any atom is -0.497 e. The van der Waals surface area contributed by atoms with Gasteiger partial charge in [0.15, 0.2) is 11.5 Å². The second kappa shape index (κ2) is 8.92. The van der Waals surface area contributed by atoms with Crippen LogP contribution >= 0.6 is 0 Å². The lowest BCUT2D eigenvalue weighted by Gasteiger charge is -2.11. The zero-order valence-corrected chi connectivity index (χ0v) is 15.2. The van der Waals surface area contributed by atoms with Gasteiger partial charge in [-0.05, 0) is 48.0 Å². The molecule has 146 valence electrons. The topological polar surface area (TPSA) is 106 Å². The first-order chi connectivity index (χ1) is 13.6. The van der Waals surface area contributed by atoms with E-state index in [9.17, 15) is 9.59 Å². The lowest BCUT2D eigenvalue weighted by Crippen LogP contribution is -2.36. The van der Waals surface area contributed by atoms with Crippen LogP contribution in [0, 0.1) is 0 Å². The lowest BCUT2D eigenvalue weighted by atomic mass is 10.1. The second-order valence-electron chi connectivity index (χ2n) is 5.83. The molecule has 0 aliphatic carbocycles. The summed E-state index contributed by atoms with van der Waals surface area (Å²) in [7, 11) is 1.53. The highest BCUT2D eigenvalue weighted by molar-refractivity contribution is 6.05. The van der Waals surface area contributed by atoms with Gasteiger partial charge in [-0.25, -0.2) is 0 Å². The van der Waals surface area contributed by atoms with E-state index in [1.807, 2.05) is 0 Å². The third-order valence-electron chi connectivity index (χ3n) is 3.95. The summed E-state index contributed by atoms with van der Waals surface area (Å²) < 4.78 is 15.7. The molecule has 8 nitrogen and oxygen atoms in total. The smallest absolute Gasteiger partial charge is 0.267 e. The number of methoxy groups -OCH3 is 1. The molecule has 0 unspecified atom stereocenters. The molecule has 2 aromatic rings. The van der Waals surface area contributed by atoms with E-state index in [1.54, 1.807) is 42.5 Å². The highest BCUT2D eigenvalue weighted by Gasteiger charge is 2.17. The fourth-order valence-corrected chi connectivity index (χ4v) is 2.53. The normalized spacial score (nSPS) is 12.4. The number of ether oxygens (including phenoxy) is 3. The molecule has 8 heteroatoms. The van der Waals surface area contributed by atoms with Gasteiger partial charge in [0, 0.05) is 12.1 Å². The number of aliphatic hydroxyl groups is 1. The van der Waals surface area contributed by atoms with Crippen LogP contribution in [0.2, 0.25) is 0 Å². The molecule has 3 rings (SSSR count). The first-order valence-corrected chi connectivity index (χ1v) is 8.56. The summed E-state index contributed by atoms with van der Waals surface area (Å²) in [5.41, 5.74) is 1.05. The van der Waals surface area contributed by atoms with E-state index in [4.69, 9.17) is 19.3 Å². The Kier molecular flexibility index (Phi) is 6.13. The zero-order valence-electron chi connectivity index (χ0n) is 15.2. The molecule has 0 bridgehead atoms. The molecule has 0 saturated heterocycles. The largest absolute Gasteiger partial charge is 0.497 e. The molecular weight excluding hydrogens is 364 g/mol. The Morgan fingerprint density at radius 1 is 1.14 bits per heavy atom. The Labute approximate surface area is 161 Å². The van der Waals surface area contributed by atoms with Crippen LogP contribution in [0.3, 0.4) is 0 Å². The van der Waals surface area contributed by atoms with E-state index in [1.165, 1.54) is 13.2 Å². The van der Waals surface area contributed by atoms with Crippen molar-refractivity contribution in [3.05, 3.63) is 59.3 Å². The van der Waals surface area contributed by atoms with E-state index in [-0.39, 0.29) is 25.6 Å². The first kappa shape index (κ1) is 19.2. The fourth-order valence-electron chi connectivity index (χ4n) is 2.53. The fraction of sp³-hybridized carbons (Fsp3) is 0.200. The Hall–Kier alpha value is -3.52. The average molecular weight is 384 g/mol. The van der Waals surface area contributed by atoms with Crippen LogP contribution in [-0.4, -0.2) is 44.0 Å². The van der Waals surface area contributed by atoms with Crippen LogP contribution in [0.4, 0.5) is 0 Å². The van der Waals surface area contributed by atoms with Crippen LogP contribution < -0.4 is 24.8 Å². The highest BCUT2D eigenvalue weighted by atomic mass is 16.7. The van der Waals surface area contributed by atoms with Crippen molar-refractivity contribution in [1.82, 2.24) is 10.6 Å². The molecule has 2 aromatic carbocycles. The van der Waals surface area contributed by atoms with Crippen LogP contribution in [0.5, 0.6) is 17.2 Å². The summed E-state index contributed by atoms with van der Waals surface area (Å²) in [5.74, 6) is 0.826. The van der Waals surface area contributed by atoms with Gasteiger partial charge in [-0.15, -0.1) is 0 Å². The van der Waals surface area contributed by atoms with E-state index in [0.717, 1.165) is 0 Å². The van der Waals surface area contributed by atoms with E-state index >= 15 is 0 Å². The summed E-state index contributed by atoms with van der Waals surface area (Å²) in [4.78, 5) is 25.0. The van der Waals surface area contributed by atoms with Crippen molar-refractivity contribution in [2.75, 3.05) is 27.1 Å². The van der Waals surface area contributed by atoms with Crippen molar-refractivity contribution in [2.24, 2.45) is 0 Å². The molecular formula is C20H20N2O6. The maximum Gasteiger partial charge on any atom is 0.267 e. The van der Waals surface area contributed by atoms with Gasteiger partial charge < -0.3 is 30.0 Å². The quantitative estimate of drug-likeness (QED) is 0.622. The van der Waals surface area contributed by atoms with Crippen molar-refractivity contribution in [1.29, 1.82) is 0 Å². The van der Waals surface area contributed by atoms with Crippen molar-refractivity contribution in [3.8, 4) is 17.2 Å². The number of amides is 2. The van der Waals surface area contributed by atoms with Gasteiger partial charge in [-0.3, -0.25) is 9.59 Å². The maximum atomic E-state index is 12.5. The van der Waals surface area contributed by atoms with E-state index in [2.05, 4.69) is 10.6 Å². The number of aliphatic hydroxyl groups excluding tert-OH is 1. The van der Waals surface area contributed by atoms with Crippen LogP contribution in [-0.2, 0) is 4.79 Å². The molecule has 1 aliphatic rings. The number of benzene rings is 2. The first-order valence-electron chi connectivity index (χ1n) is 8.56. The molecule has 2 amide bonds. The Morgan fingerprint density at radius 3 is 2.61 bits per heavy atom. The van der Waals surface area contributed by atoms with Gasteiger partial charge in [0.2, 0.25) is 6.79 Å². The summed E-state index contributed by atoms with van der Waals surface area (Å²) in [6, 6.07) is 11.7. The van der Waals surface area contributed by atoms with Gasteiger partial charge >= 0.3 is 0 Å². The highest BCUT2D eigenvalue weighted by Crippen LogP contribution is 2.33. The molecule has 0 aromatic heterocycles. The van der Waals surface area contributed by atoms with Gasteiger partial charge in [-0.2, -0.15) is 0 Å².